The van der Waals surface area contributed by atoms with E-state index in [1.807, 2.05) is 18.9 Å². The number of nitrogens with two attached hydrogens (primary N) is 1. The molecule has 0 amide bonds. The molecule has 0 unspecified atom stereocenters. The Labute approximate surface area is 111 Å². The molecular weight excluding hydrogens is 244 g/mol. The fraction of sp³-hybridized carbons (Fsp3) is 0.417. The van der Waals surface area contributed by atoms with Crippen molar-refractivity contribution in [2.24, 2.45) is 0 Å². The van der Waals surface area contributed by atoms with E-state index < -0.39 is 0 Å². The Morgan fingerprint density at radius 3 is 2.68 bits per heavy atom. The molecule has 2 aromatic heterocycles. The van der Waals surface area contributed by atoms with Gasteiger partial charge < -0.3 is 10.6 Å². The molecule has 2 rings (SSSR count). The van der Waals surface area contributed by atoms with Crippen molar-refractivity contribution in [3.8, 4) is 0 Å². The molecule has 0 aliphatic heterocycles. The van der Waals surface area contributed by atoms with E-state index in [1.165, 1.54) is 4.68 Å². The first-order valence-electron chi connectivity index (χ1n) is 6.16. The predicted octanol–water partition coefficient (Wildman–Crippen LogP) is 0.178. The Hall–Kier alpha value is -2.31. The quantitative estimate of drug-likeness (QED) is 0.831. The van der Waals surface area contributed by atoms with E-state index in [2.05, 4.69) is 10.2 Å². The average Bonchev–Trinajstić information content (AvgIpc) is 2.82. The Balaban J connectivity index is 2.07. The summed E-state index contributed by atoms with van der Waals surface area (Å²) in [4.78, 5) is 13.9. The monoisotopic (exact) mass is 262 g/mol. The van der Waals surface area contributed by atoms with Crippen LogP contribution in [0.3, 0.4) is 0 Å². The molecule has 0 spiro atoms. The second-order valence-corrected chi connectivity index (χ2v) is 4.33. The van der Waals surface area contributed by atoms with E-state index in [4.69, 9.17) is 5.73 Å². The summed E-state index contributed by atoms with van der Waals surface area (Å²) in [5, 5.41) is 8.22. The lowest BCUT2D eigenvalue weighted by Crippen LogP contribution is -2.27. The maximum atomic E-state index is 11.9. The maximum Gasteiger partial charge on any atom is 0.268 e. The van der Waals surface area contributed by atoms with Crippen molar-refractivity contribution < 1.29 is 0 Å². The first-order valence-corrected chi connectivity index (χ1v) is 6.16. The fourth-order valence-corrected chi connectivity index (χ4v) is 1.68. The zero-order valence-electron chi connectivity index (χ0n) is 11.2. The van der Waals surface area contributed by atoms with Crippen LogP contribution in [0.5, 0.6) is 0 Å². The smallest absolute Gasteiger partial charge is 0.268 e. The SMILES string of the molecule is CCN(C)c1cnn(CCn2cc(N)cn2)c(=O)c1. The number of aryl methyl sites for hydroxylation is 2. The molecule has 0 aliphatic carbocycles. The summed E-state index contributed by atoms with van der Waals surface area (Å²) in [6.07, 6.45) is 5.00. The second-order valence-electron chi connectivity index (χ2n) is 4.33. The van der Waals surface area contributed by atoms with E-state index in [1.54, 1.807) is 29.3 Å². The lowest BCUT2D eigenvalue weighted by molar-refractivity contribution is 0.482. The fourth-order valence-electron chi connectivity index (χ4n) is 1.68. The van der Waals surface area contributed by atoms with Gasteiger partial charge in [0.2, 0.25) is 0 Å². The van der Waals surface area contributed by atoms with Crippen molar-refractivity contribution in [2.45, 2.75) is 20.0 Å². The van der Waals surface area contributed by atoms with Crippen molar-refractivity contribution in [3.05, 3.63) is 35.0 Å². The molecule has 0 aliphatic rings. The van der Waals surface area contributed by atoms with Gasteiger partial charge in [0, 0.05) is 25.9 Å². The molecule has 102 valence electrons. The highest BCUT2D eigenvalue weighted by molar-refractivity contribution is 5.41. The van der Waals surface area contributed by atoms with Crippen LogP contribution in [-0.2, 0) is 13.1 Å². The molecule has 0 aromatic carbocycles. The number of hydrogen-bond donors (Lipinski definition) is 1. The summed E-state index contributed by atoms with van der Waals surface area (Å²) in [5.41, 5.74) is 6.90. The standard InChI is InChI=1S/C12H18N6O/c1-3-16(2)11-6-12(19)18(15-8-11)5-4-17-9-10(13)7-14-17/h6-9H,3-5,13H2,1-2H3. The Kier molecular flexibility index (Phi) is 3.84. The van der Waals surface area contributed by atoms with E-state index >= 15 is 0 Å². The van der Waals surface area contributed by atoms with Crippen LogP contribution in [-0.4, -0.2) is 33.2 Å². The van der Waals surface area contributed by atoms with Crippen molar-refractivity contribution >= 4 is 11.4 Å². The highest BCUT2D eigenvalue weighted by Gasteiger charge is 2.03. The van der Waals surface area contributed by atoms with Crippen LogP contribution in [0.25, 0.3) is 0 Å². The van der Waals surface area contributed by atoms with Gasteiger partial charge in [0.25, 0.3) is 5.56 Å². The summed E-state index contributed by atoms with van der Waals surface area (Å²) in [7, 11) is 1.92. The number of anilines is 2. The molecule has 19 heavy (non-hydrogen) atoms. The topological polar surface area (TPSA) is 82.0 Å². The van der Waals surface area contributed by atoms with Crippen LogP contribution in [0.2, 0.25) is 0 Å². The normalized spacial score (nSPS) is 10.6. The van der Waals surface area contributed by atoms with Gasteiger partial charge in [-0.2, -0.15) is 10.2 Å². The minimum atomic E-state index is -0.113. The summed E-state index contributed by atoms with van der Waals surface area (Å²) in [6, 6.07) is 1.59. The number of hydrogen-bond acceptors (Lipinski definition) is 5. The predicted molar refractivity (Wildman–Crippen MR) is 74.1 cm³/mol. The molecule has 2 N–H and O–H groups in total. The maximum absolute atomic E-state index is 11.9. The first-order chi connectivity index (χ1) is 9.10. The van der Waals surface area contributed by atoms with Crippen LogP contribution in [0.15, 0.2) is 29.5 Å². The van der Waals surface area contributed by atoms with Gasteiger partial charge in [-0.15, -0.1) is 0 Å². The van der Waals surface area contributed by atoms with Gasteiger partial charge in [-0.3, -0.25) is 9.48 Å². The Morgan fingerprint density at radius 1 is 1.32 bits per heavy atom. The van der Waals surface area contributed by atoms with E-state index in [0.717, 1.165) is 12.2 Å². The lowest BCUT2D eigenvalue weighted by atomic mass is 10.4. The van der Waals surface area contributed by atoms with Crippen molar-refractivity contribution in [1.29, 1.82) is 0 Å². The number of aromatic nitrogens is 4. The van der Waals surface area contributed by atoms with E-state index in [0.29, 0.717) is 18.8 Å². The van der Waals surface area contributed by atoms with Gasteiger partial charge in [0.1, 0.15) is 0 Å². The Bertz CT molecular complexity index is 602. The summed E-state index contributed by atoms with van der Waals surface area (Å²) < 4.78 is 3.11. The summed E-state index contributed by atoms with van der Waals surface area (Å²) >= 11 is 0. The highest BCUT2D eigenvalue weighted by Crippen LogP contribution is 2.05. The van der Waals surface area contributed by atoms with Gasteiger partial charge in [-0.05, 0) is 6.92 Å². The van der Waals surface area contributed by atoms with Gasteiger partial charge >= 0.3 is 0 Å². The van der Waals surface area contributed by atoms with Gasteiger partial charge in [0.05, 0.1) is 36.9 Å². The molecule has 2 heterocycles. The number of nitrogens with zero attached hydrogens (tertiary/aromatic N) is 5. The van der Waals surface area contributed by atoms with Gasteiger partial charge in [-0.25, -0.2) is 4.68 Å². The third-order valence-corrected chi connectivity index (χ3v) is 2.96. The second kappa shape index (κ2) is 5.55. The summed E-state index contributed by atoms with van der Waals surface area (Å²) in [6.45, 7) is 3.88. The third kappa shape index (κ3) is 3.12. The van der Waals surface area contributed by atoms with Crippen LogP contribution in [0, 0.1) is 0 Å². The molecule has 2 aromatic rings. The summed E-state index contributed by atoms with van der Waals surface area (Å²) in [5.74, 6) is 0. The van der Waals surface area contributed by atoms with Crippen molar-refractivity contribution in [3.63, 3.8) is 0 Å². The number of nitrogen functional groups attached to an aromatic ring is 1. The molecule has 0 saturated heterocycles. The van der Waals surface area contributed by atoms with E-state index in [-0.39, 0.29) is 5.56 Å². The number of rotatable bonds is 5. The molecule has 0 atom stereocenters. The average molecular weight is 262 g/mol. The minimum Gasteiger partial charge on any atom is -0.396 e. The van der Waals surface area contributed by atoms with E-state index in [9.17, 15) is 4.79 Å². The Morgan fingerprint density at radius 2 is 2.11 bits per heavy atom. The first kappa shape index (κ1) is 13.1. The largest absolute Gasteiger partial charge is 0.396 e. The molecule has 0 fully saturated rings. The molecule has 0 bridgehead atoms. The van der Waals surface area contributed by atoms with Crippen molar-refractivity contribution in [2.75, 3.05) is 24.2 Å². The zero-order chi connectivity index (χ0) is 13.8. The van der Waals surface area contributed by atoms with Crippen LogP contribution in [0.1, 0.15) is 6.92 Å². The minimum absolute atomic E-state index is 0.113. The lowest BCUT2D eigenvalue weighted by Gasteiger charge is -2.16. The van der Waals surface area contributed by atoms with Crippen molar-refractivity contribution in [1.82, 2.24) is 19.6 Å². The third-order valence-electron chi connectivity index (χ3n) is 2.96. The van der Waals surface area contributed by atoms with Gasteiger partial charge in [-0.1, -0.05) is 0 Å². The molecule has 7 heteroatoms. The molecular formula is C12H18N6O. The molecule has 0 radical (unpaired) electrons. The zero-order valence-corrected chi connectivity index (χ0v) is 11.2. The molecule has 0 saturated carbocycles. The van der Waals surface area contributed by atoms with Crippen LogP contribution < -0.4 is 16.2 Å². The van der Waals surface area contributed by atoms with Gasteiger partial charge in [0.15, 0.2) is 0 Å². The van der Waals surface area contributed by atoms with Crippen LogP contribution in [0.4, 0.5) is 11.4 Å². The highest BCUT2D eigenvalue weighted by atomic mass is 16.1. The molecule has 7 nitrogen and oxygen atoms in total. The van der Waals surface area contributed by atoms with Crippen LogP contribution >= 0.6 is 0 Å².